The molecule has 32 heavy (non-hydrogen) atoms. The topological polar surface area (TPSA) is 62.2 Å². The van der Waals surface area contributed by atoms with Crippen molar-refractivity contribution < 1.29 is 4.79 Å². The lowest BCUT2D eigenvalue weighted by Crippen LogP contribution is -2.23. The Balaban J connectivity index is 1.50. The summed E-state index contributed by atoms with van der Waals surface area (Å²) in [6.45, 7) is 3.72. The zero-order valence-electron chi connectivity index (χ0n) is 18.4. The number of aryl methyl sites for hydroxylation is 1. The fraction of sp³-hybridized carbons (Fsp3) is 0.280. The zero-order valence-corrected chi connectivity index (χ0v) is 19.3. The van der Waals surface area contributed by atoms with E-state index in [0.717, 1.165) is 63.1 Å². The minimum atomic E-state index is 0.0469. The summed E-state index contributed by atoms with van der Waals surface area (Å²) in [6, 6.07) is 16.2. The number of hydrogen-bond acceptors (Lipinski definition) is 6. The van der Waals surface area contributed by atoms with E-state index in [9.17, 15) is 4.79 Å². The summed E-state index contributed by atoms with van der Waals surface area (Å²) in [5.74, 6) is 1.99. The molecule has 162 valence electrons. The van der Waals surface area contributed by atoms with Gasteiger partial charge in [-0.1, -0.05) is 36.4 Å². The van der Waals surface area contributed by atoms with E-state index in [0.29, 0.717) is 0 Å². The highest BCUT2D eigenvalue weighted by Gasteiger charge is 2.32. The van der Waals surface area contributed by atoms with Crippen LogP contribution >= 0.6 is 11.3 Å². The van der Waals surface area contributed by atoms with Crippen molar-refractivity contribution in [2.45, 2.75) is 19.3 Å². The number of nitrogens with zero attached hydrogens (tertiary/aromatic N) is 5. The second-order valence-corrected chi connectivity index (χ2v) is 9.39. The molecular weight excluding hydrogens is 418 g/mol. The molecule has 0 spiro atoms. The van der Waals surface area contributed by atoms with Crippen LogP contribution in [0.15, 0.2) is 54.7 Å². The van der Waals surface area contributed by atoms with Crippen LogP contribution in [0.2, 0.25) is 0 Å². The van der Waals surface area contributed by atoms with Crippen LogP contribution in [0.4, 0.5) is 5.82 Å². The Kier molecular flexibility index (Phi) is 5.35. The maximum atomic E-state index is 13.0. The summed E-state index contributed by atoms with van der Waals surface area (Å²) in [6.07, 6.45) is 2.76. The van der Waals surface area contributed by atoms with E-state index in [1.807, 2.05) is 49.4 Å². The first-order valence-electron chi connectivity index (χ1n) is 10.8. The number of rotatable bonds is 4. The first kappa shape index (κ1) is 20.6. The molecule has 1 unspecified atom stereocenters. The third kappa shape index (κ3) is 3.73. The summed E-state index contributed by atoms with van der Waals surface area (Å²) in [4.78, 5) is 32.7. The number of pyridine rings is 1. The molecule has 1 amide bonds. The molecular formula is C25H25N5OS. The zero-order chi connectivity index (χ0) is 22.2. The molecule has 6 nitrogen and oxygen atoms in total. The molecule has 5 rings (SSSR count). The number of fused-ring (bicyclic) bond motifs is 1. The number of benzene rings is 1. The minimum Gasteiger partial charge on any atom is -0.356 e. The van der Waals surface area contributed by atoms with Gasteiger partial charge in [0.2, 0.25) is 0 Å². The smallest absolute Gasteiger partial charge is 0.263 e. The van der Waals surface area contributed by atoms with Gasteiger partial charge in [-0.2, -0.15) is 0 Å². The van der Waals surface area contributed by atoms with E-state index in [2.05, 4.69) is 20.9 Å². The van der Waals surface area contributed by atoms with Crippen LogP contribution in [0.1, 0.15) is 33.3 Å². The molecule has 1 atom stereocenters. The average Bonchev–Trinajstić information content (AvgIpc) is 3.43. The summed E-state index contributed by atoms with van der Waals surface area (Å²) in [5, 5.41) is 1.10. The molecule has 1 fully saturated rings. The standard InChI is InChI=1S/C25H25N5OS/c1-16-14-20(28-23(27-16)17-8-5-4-6-9-17)30-13-11-18(15-30)21-19-10-7-12-26-24(19)32-22(21)25(31)29(2)3/h4-10,12,14,18H,11,13,15H2,1-3H3. The van der Waals surface area contributed by atoms with Gasteiger partial charge < -0.3 is 9.80 Å². The first-order chi connectivity index (χ1) is 15.5. The molecule has 1 saturated heterocycles. The van der Waals surface area contributed by atoms with Gasteiger partial charge in [0.15, 0.2) is 5.82 Å². The molecule has 7 heteroatoms. The van der Waals surface area contributed by atoms with Crippen LogP contribution in [0, 0.1) is 6.92 Å². The Hall–Kier alpha value is -3.32. The highest BCUT2D eigenvalue weighted by atomic mass is 32.1. The van der Waals surface area contributed by atoms with Gasteiger partial charge in [0, 0.05) is 62.0 Å². The molecule has 4 heterocycles. The van der Waals surface area contributed by atoms with Crippen molar-refractivity contribution in [2.24, 2.45) is 0 Å². The lowest BCUT2D eigenvalue weighted by molar-refractivity contribution is 0.0831. The van der Waals surface area contributed by atoms with Crippen molar-refractivity contribution in [3.05, 3.63) is 70.9 Å². The number of anilines is 1. The van der Waals surface area contributed by atoms with E-state index in [-0.39, 0.29) is 11.8 Å². The highest BCUT2D eigenvalue weighted by molar-refractivity contribution is 7.20. The molecule has 0 N–H and O–H groups in total. The monoisotopic (exact) mass is 443 g/mol. The molecule has 1 aliphatic heterocycles. The molecule has 1 aliphatic rings. The first-order valence-corrected chi connectivity index (χ1v) is 11.6. The van der Waals surface area contributed by atoms with Crippen molar-refractivity contribution in [3.63, 3.8) is 0 Å². The second kappa shape index (κ2) is 8.31. The minimum absolute atomic E-state index is 0.0469. The summed E-state index contributed by atoms with van der Waals surface area (Å²) < 4.78 is 0. The third-order valence-corrected chi connectivity index (χ3v) is 7.02. The maximum absolute atomic E-state index is 13.0. The number of carbonyl (C=O) groups excluding carboxylic acids is 1. The second-order valence-electron chi connectivity index (χ2n) is 8.39. The Morgan fingerprint density at radius 1 is 1.12 bits per heavy atom. The summed E-state index contributed by atoms with van der Waals surface area (Å²) in [5.41, 5.74) is 3.10. The summed E-state index contributed by atoms with van der Waals surface area (Å²) >= 11 is 1.50. The van der Waals surface area contributed by atoms with Crippen molar-refractivity contribution in [1.29, 1.82) is 0 Å². The molecule has 0 aliphatic carbocycles. The number of hydrogen-bond donors (Lipinski definition) is 0. The van der Waals surface area contributed by atoms with Crippen LogP contribution in [0.5, 0.6) is 0 Å². The Morgan fingerprint density at radius 2 is 1.94 bits per heavy atom. The SMILES string of the molecule is Cc1cc(N2CCC(c3c(C(=O)N(C)C)sc4ncccc34)C2)nc(-c2ccccc2)n1. The summed E-state index contributed by atoms with van der Waals surface area (Å²) in [7, 11) is 3.61. The van der Waals surface area contributed by atoms with Crippen LogP contribution < -0.4 is 4.90 Å². The van der Waals surface area contributed by atoms with Crippen LogP contribution in [-0.2, 0) is 0 Å². The van der Waals surface area contributed by atoms with E-state index < -0.39 is 0 Å². The van der Waals surface area contributed by atoms with Gasteiger partial charge >= 0.3 is 0 Å². The van der Waals surface area contributed by atoms with Gasteiger partial charge in [-0.25, -0.2) is 15.0 Å². The normalized spacial score (nSPS) is 16.0. The molecule has 0 bridgehead atoms. The van der Waals surface area contributed by atoms with E-state index in [1.54, 1.807) is 25.2 Å². The van der Waals surface area contributed by atoms with Crippen molar-refractivity contribution in [2.75, 3.05) is 32.1 Å². The average molecular weight is 444 g/mol. The Labute approximate surface area is 191 Å². The fourth-order valence-corrected chi connectivity index (χ4v) is 5.60. The lowest BCUT2D eigenvalue weighted by atomic mass is 9.95. The molecule has 4 aromatic rings. The Bertz CT molecular complexity index is 1280. The van der Waals surface area contributed by atoms with Gasteiger partial charge in [-0.15, -0.1) is 11.3 Å². The predicted octanol–water partition coefficient (Wildman–Crippen LogP) is 4.76. The van der Waals surface area contributed by atoms with Crippen LogP contribution in [-0.4, -0.2) is 52.9 Å². The number of thiophene rings is 1. The van der Waals surface area contributed by atoms with Gasteiger partial charge in [0.05, 0.1) is 4.88 Å². The molecule has 3 aromatic heterocycles. The maximum Gasteiger partial charge on any atom is 0.263 e. The molecule has 0 saturated carbocycles. The van der Waals surface area contributed by atoms with E-state index in [1.165, 1.54) is 11.3 Å². The number of aromatic nitrogens is 3. The Morgan fingerprint density at radius 3 is 2.72 bits per heavy atom. The highest BCUT2D eigenvalue weighted by Crippen LogP contribution is 2.40. The molecule has 1 aromatic carbocycles. The van der Waals surface area contributed by atoms with Crippen LogP contribution in [0.3, 0.4) is 0 Å². The third-order valence-electron chi connectivity index (χ3n) is 5.90. The van der Waals surface area contributed by atoms with Crippen LogP contribution in [0.25, 0.3) is 21.6 Å². The largest absolute Gasteiger partial charge is 0.356 e. The lowest BCUT2D eigenvalue weighted by Gasteiger charge is -2.19. The van der Waals surface area contributed by atoms with Gasteiger partial charge in [0.25, 0.3) is 5.91 Å². The predicted molar refractivity (Wildman–Crippen MR) is 129 cm³/mol. The quantitative estimate of drug-likeness (QED) is 0.455. The van der Waals surface area contributed by atoms with Crippen molar-refractivity contribution in [3.8, 4) is 11.4 Å². The van der Waals surface area contributed by atoms with Gasteiger partial charge in [-0.05, 0) is 25.0 Å². The van der Waals surface area contributed by atoms with Gasteiger partial charge in [0.1, 0.15) is 10.6 Å². The van der Waals surface area contributed by atoms with E-state index in [4.69, 9.17) is 4.98 Å². The number of amides is 1. The number of carbonyl (C=O) groups is 1. The van der Waals surface area contributed by atoms with Crippen molar-refractivity contribution in [1.82, 2.24) is 19.9 Å². The molecule has 0 radical (unpaired) electrons. The van der Waals surface area contributed by atoms with E-state index >= 15 is 0 Å². The van der Waals surface area contributed by atoms with Crippen molar-refractivity contribution >= 4 is 33.3 Å². The van der Waals surface area contributed by atoms with Gasteiger partial charge in [-0.3, -0.25) is 4.79 Å². The fourth-order valence-electron chi connectivity index (χ4n) is 4.35.